The lowest BCUT2D eigenvalue weighted by atomic mass is 10.2. The molecule has 24 heavy (non-hydrogen) atoms. The maximum absolute atomic E-state index is 12.2. The number of rotatable bonds is 4. The largest absolute Gasteiger partial charge is 0.441 e. The summed E-state index contributed by atoms with van der Waals surface area (Å²) in [5.41, 5.74) is 2.99. The molecule has 0 saturated heterocycles. The van der Waals surface area contributed by atoms with Crippen molar-refractivity contribution in [3.05, 3.63) is 64.8 Å². The number of oxazole rings is 1. The highest BCUT2D eigenvalue weighted by atomic mass is 35.5. The third kappa shape index (κ3) is 3.81. The van der Waals surface area contributed by atoms with Crippen molar-refractivity contribution in [3.8, 4) is 11.5 Å². The van der Waals surface area contributed by atoms with Gasteiger partial charge in [-0.05, 0) is 50.2 Å². The lowest BCUT2D eigenvalue weighted by molar-refractivity contribution is -0.115. The van der Waals surface area contributed by atoms with Crippen LogP contribution in [0.2, 0.25) is 5.02 Å². The number of aromatic nitrogens is 2. The van der Waals surface area contributed by atoms with Gasteiger partial charge in [0.1, 0.15) is 5.76 Å². The molecule has 5 nitrogen and oxygen atoms in total. The van der Waals surface area contributed by atoms with Crippen LogP contribution < -0.4 is 5.32 Å². The van der Waals surface area contributed by atoms with Gasteiger partial charge in [-0.1, -0.05) is 11.6 Å². The molecule has 0 atom stereocenters. The Bertz CT molecular complexity index is 872. The van der Waals surface area contributed by atoms with Crippen LogP contribution in [0.25, 0.3) is 11.5 Å². The second-order valence-electron chi connectivity index (χ2n) is 5.44. The molecule has 2 aromatic heterocycles. The summed E-state index contributed by atoms with van der Waals surface area (Å²) in [6, 6.07) is 10.8. The fourth-order valence-electron chi connectivity index (χ4n) is 2.29. The lowest BCUT2D eigenvalue weighted by Gasteiger charge is -2.04. The minimum atomic E-state index is -0.153. The lowest BCUT2D eigenvalue weighted by Crippen LogP contribution is -2.15. The summed E-state index contributed by atoms with van der Waals surface area (Å²) < 4.78 is 5.67. The molecule has 1 amide bonds. The number of hydrogen-bond acceptors (Lipinski definition) is 4. The molecular weight excluding hydrogens is 326 g/mol. The van der Waals surface area contributed by atoms with E-state index in [1.54, 1.807) is 31.3 Å². The van der Waals surface area contributed by atoms with E-state index in [2.05, 4.69) is 15.3 Å². The first kappa shape index (κ1) is 16.2. The number of nitrogens with zero attached hydrogens (tertiary/aromatic N) is 2. The highest BCUT2D eigenvalue weighted by Gasteiger charge is 2.15. The van der Waals surface area contributed by atoms with Gasteiger partial charge in [0.2, 0.25) is 11.8 Å². The second kappa shape index (κ2) is 6.84. The van der Waals surface area contributed by atoms with Crippen LogP contribution in [-0.2, 0) is 11.2 Å². The zero-order valence-corrected chi connectivity index (χ0v) is 14.1. The number of pyridine rings is 1. The van der Waals surface area contributed by atoms with Gasteiger partial charge >= 0.3 is 0 Å². The number of carbonyl (C=O) groups excluding carboxylic acids is 1. The minimum Gasteiger partial charge on any atom is -0.441 e. The Hall–Kier alpha value is -2.66. The number of benzene rings is 1. The summed E-state index contributed by atoms with van der Waals surface area (Å²) >= 11 is 5.88. The van der Waals surface area contributed by atoms with Crippen LogP contribution in [-0.4, -0.2) is 15.9 Å². The zero-order chi connectivity index (χ0) is 17.1. The normalized spacial score (nSPS) is 10.6. The third-order valence-electron chi connectivity index (χ3n) is 3.49. The third-order valence-corrected chi connectivity index (χ3v) is 3.74. The van der Waals surface area contributed by atoms with E-state index in [1.165, 1.54) is 0 Å². The predicted octanol–water partition coefficient (Wildman–Crippen LogP) is 4.19. The molecule has 0 fully saturated rings. The van der Waals surface area contributed by atoms with Gasteiger partial charge in [-0.25, -0.2) is 4.98 Å². The molecule has 0 radical (unpaired) electrons. The monoisotopic (exact) mass is 341 g/mol. The number of nitrogens with one attached hydrogen (secondary N) is 1. The maximum Gasteiger partial charge on any atom is 0.230 e. The topological polar surface area (TPSA) is 68.0 Å². The van der Waals surface area contributed by atoms with Gasteiger partial charge in [0.05, 0.1) is 12.1 Å². The fourth-order valence-corrected chi connectivity index (χ4v) is 2.41. The molecule has 0 unspecified atom stereocenters. The molecule has 2 heterocycles. The molecule has 1 N–H and O–H groups in total. The molecule has 122 valence electrons. The minimum absolute atomic E-state index is 0.143. The predicted molar refractivity (Wildman–Crippen MR) is 93.0 cm³/mol. The number of anilines is 1. The molecule has 1 aromatic carbocycles. The van der Waals surface area contributed by atoms with Gasteiger partial charge < -0.3 is 9.73 Å². The second-order valence-corrected chi connectivity index (χ2v) is 5.88. The van der Waals surface area contributed by atoms with Crippen molar-refractivity contribution >= 4 is 23.2 Å². The first-order valence-corrected chi connectivity index (χ1v) is 7.84. The Labute approximate surface area is 144 Å². The standard InChI is InChI=1S/C18H16ClN3O2/c1-11-9-15(7-8-20-11)21-17(23)10-16-12(2)24-18(22-16)13-3-5-14(19)6-4-13/h3-9H,10H2,1-2H3,(H,20,21,23). The van der Waals surface area contributed by atoms with Gasteiger partial charge in [0.25, 0.3) is 0 Å². The number of halogens is 1. The average molecular weight is 342 g/mol. The van der Waals surface area contributed by atoms with E-state index in [4.69, 9.17) is 16.0 Å². The maximum atomic E-state index is 12.2. The Morgan fingerprint density at radius 2 is 1.96 bits per heavy atom. The summed E-state index contributed by atoms with van der Waals surface area (Å²) in [4.78, 5) is 20.7. The quantitative estimate of drug-likeness (QED) is 0.772. The first-order valence-electron chi connectivity index (χ1n) is 7.46. The smallest absolute Gasteiger partial charge is 0.230 e. The van der Waals surface area contributed by atoms with Crippen molar-refractivity contribution in [1.29, 1.82) is 0 Å². The number of amides is 1. The Morgan fingerprint density at radius 3 is 2.67 bits per heavy atom. The van der Waals surface area contributed by atoms with Crippen LogP contribution in [0.1, 0.15) is 17.1 Å². The van der Waals surface area contributed by atoms with E-state index in [0.717, 1.165) is 11.3 Å². The van der Waals surface area contributed by atoms with E-state index in [0.29, 0.717) is 28.1 Å². The van der Waals surface area contributed by atoms with Gasteiger partial charge in [-0.3, -0.25) is 9.78 Å². The highest BCUT2D eigenvalue weighted by Crippen LogP contribution is 2.23. The molecular formula is C18H16ClN3O2. The Kier molecular flexibility index (Phi) is 4.62. The van der Waals surface area contributed by atoms with Gasteiger partial charge in [0, 0.05) is 28.2 Å². The van der Waals surface area contributed by atoms with Crippen molar-refractivity contribution in [3.63, 3.8) is 0 Å². The van der Waals surface area contributed by atoms with E-state index in [-0.39, 0.29) is 12.3 Å². The molecule has 3 rings (SSSR count). The van der Waals surface area contributed by atoms with Gasteiger partial charge in [0.15, 0.2) is 0 Å². The summed E-state index contributed by atoms with van der Waals surface area (Å²) in [7, 11) is 0. The molecule has 0 aliphatic rings. The van der Waals surface area contributed by atoms with Crippen molar-refractivity contribution in [2.45, 2.75) is 20.3 Å². The van der Waals surface area contributed by atoms with Gasteiger partial charge in [-0.15, -0.1) is 0 Å². The fraction of sp³-hybridized carbons (Fsp3) is 0.167. The Balaban J connectivity index is 1.73. The van der Waals surface area contributed by atoms with Crippen LogP contribution in [0.4, 0.5) is 5.69 Å². The molecule has 3 aromatic rings. The van der Waals surface area contributed by atoms with Crippen LogP contribution >= 0.6 is 11.6 Å². The van der Waals surface area contributed by atoms with Crippen molar-refractivity contribution in [2.24, 2.45) is 0 Å². The summed E-state index contributed by atoms with van der Waals surface area (Å²) in [6.45, 7) is 3.67. The Morgan fingerprint density at radius 1 is 1.21 bits per heavy atom. The van der Waals surface area contributed by atoms with E-state index >= 15 is 0 Å². The number of aryl methyl sites for hydroxylation is 2. The van der Waals surface area contributed by atoms with Crippen molar-refractivity contribution < 1.29 is 9.21 Å². The van der Waals surface area contributed by atoms with E-state index in [9.17, 15) is 4.79 Å². The molecule has 6 heteroatoms. The van der Waals surface area contributed by atoms with E-state index < -0.39 is 0 Å². The van der Waals surface area contributed by atoms with Crippen LogP contribution in [0, 0.1) is 13.8 Å². The molecule has 0 saturated carbocycles. The van der Waals surface area contributed by atoms with Crippen molar-refractivity contribution in [1.82, 2.24) is 9.97 Å². The van der Waals surface area contributed by atoms with E-state index in [1.807, 2.05) is 25.1 Å². The summed E-state index contributed by atoms with van der Waals surface area (Å²) in [5.74, 6) is 0.951. The average Bonchev–Trinajstić information content (AvgIpc) is 2.89. The molecule has 0 spiro atoms. The summed E-state index contributed by atoms with van der Waals surface area (Å²) in [6.07, 6.45) is 1.80. The van der Waals surface area contributed by atoms with Crippen LogP contribution in [0.5, 0.6) is 0 Å². The first-order chi connectivity index (χ1) is 11.5. The van der Waals surface area contributed by atoms with Crippen LogP contribution in [0.15, 0.2) is 47.0 Å². The molecule has 0 bridgehead atoms. The number of carbonyl (C=O) groups is 1. The van der Waals surface area contributed by atoms with Gasteiger partial charge in [-0.2, -0.15) is 0 Å². The summed E-state index contributed by atoms with van der Waals surface area (Å²) in [5, 5.41) is 3.48. The SMILES string of the molecule is Cc1cc(NC(=O)Cc2nc(-c3ccc(Cl)cc3)oc2C)ccn1. The van der Waals surface area contributed by atoms with Crippen LogP contribution in [0.3, 0.4) is 0 Å². The highest BCUT2D eigenvalue weighted by molar-refractivity contribution is 6.30. The number of hydrogen-bond donors (Lipinski definition) is 1. The zero-order valence-electron chi connectivity index (χ0n) is 13.3. The molecule has 0 aliphatic heterocycles. The van der Waals surface area contributed by atoms with Crippen molar-refractivity contribution in [2.75, 3.05) is 5.32 Å². The molecule has 0 aliphatic carbocycles.